The van der Waals surface area contributed by atoms with E-state index in [-0.39, 0.29) is 12.4 Å². The number of amides is 1. The van der Waals surface area contributed by atoms with Crippen LogP contribution in [0.5, 0.6) is 5.75 Å². The molecule has 1 amide bonds. The van der Waals surface area contributed by atoms with Crippen molar-refractivity contribution in [1.29, 1.82) is 0 Å². The molecule has 0 atom stereocenters. The molecule has 0 heterocycles. The van der Waals surface area contributed by atoms with Gasteiger partial charge in [-0.15, -0.1) is 0 Å². The highest BCUT2D eigenvalue weighted by atomic mass is 16.5. The number of rotatable bonds is 6. The van der Waals surface area contributed by atoms with Crippen LogP contribution in [0.15, 0.2) is 54.6 Å². The average molecular weight is 269 g/mol. The van der Waals surface area contributed by atoms with Crippen molar-refractivity contribution in [1.82, 2.24) is 0 Å². The summed E-state index contributed by atoms with van der Waals surface area (Å²) < 4.78 is 5.37. The van der Waals surface area contributed by atoms with Gasteiger partial charge < -0.3 is 10.5 Å². The monoisotopic (exact) mass is 269 g/mol. The van der Waals surface area contributed by atoms with Gasteiger partial charge in [0.15, 0.2) is 5.78 Å². The van der Waals surface area contributed by atoms with Crippen LogP contribution in [0.2, 0.25) is 0 Å². The molecule has 0 aliphatic heterocycles. The van der Waals surface area contributed by atoms with Crippen LogP contribution in [0.3, 0.4) is 0 Å². The van der Waals surface area contributed by atoms with E-state index < -0.39 is 5.91 Å². The summed E-state index contributed by atoms with van der Waals surface area (Å²) in [5, 5.41) is 0. The second-order valence-electron chi connectivity index (χ2n) is 4.38. The molecule has 2 rings (SSSR count). The molecule has 4 heteroatoms. The van der Waals surface area contributed by atoms with Gasteiger partial charge in [-0.2, -0.15) is 0 Å². The summed E-state index contributed by atoms with van der Waals surface area (Å²) in [6, 6.07) is 15.9. The summed E-state index contributed by atoms with van der Waals surface area (Å²) in [6.07, 6.45) is 0.347. The van der Waals surface area contributed by atoms with Crippen LogP contribution < -0.4 is 10.5 Å². The minimum absolute atomic E-state index is 0.00447. The molecule has 102 valence electrons. The number of carbonyl (C=O) groups is 2. The maximum atomic E-state index is 11.8. The van der Waals surface area contributed by atoms with Crippen molar-refractivity contribution in [2.75, 3.05) is 6.61 Å². The van der Waals surface area contributed by atoms with E-state index in [9.17, 15) is 9.59 Å². The van der Waals surface area contributed by atoms with E-state index in [1.807, 2.05) is 30.3 Å². The summed E-state index contributed by atoms with van der Waals surface area (Å²) in [6.45, 7) is 0.00477. The second-order valence-corrected chi connectivity index (χ2v) is 4.38. The molecule has 4 nitrogen and oxygen atoms in total. The van der Waals surface area contributed by atoms with Crippen molar-refractivity contribution in [3.8, 4) is 5.75 Å². The molecule has 20 heavy (non-hydrogen) atoms. The van der Waals surface area contributed by atoms with Crippen LogP contribution >= 0.6 is 0 Å². The van der Waals surface area contributed by atoms with Gasteiger partial charge in [0.05, 0.1) is 0 Å². The normalized spacial score (nSPS) is 10.0. The third-order valence-corrected chi connectivity index (χ3v) is 2.78. The lowest BCUT2D eigenvalue weighted by Gasteiger charge is -2.06. The molecule has 0 aromatic heterocycles. The Morgan fingerprint density at radius 2 is 1.60 bits per heavy atom. The first kappa shape index (κ1) is 13.8. The number of Topliss-reactive ketones (excluding diaryl/α,β-unsaturated/α-hetero) is 1. The topological polar surface area (TPSA) is 69.4 Å². The van der Waals surface area contributed by atoms with Gasteiger partial charge in [-0.1, -0.05) is 30.3 Å². The molecular formula is C16H15NO3. The highest BCUT2D eigenvalue weighted by Crippen LogP contribution is 2.12. The summed E-state index contributed by atoms with van der Waals surface area (Å²) in [5.41, 5.74) is 6.51. The van der Waals surface area contributed by atoms with Crippen LogP contribution in [0.25, 0.3) is 0 Å². The van der Waals surface area contributed by atoms with Crippen molar-refractivity contribution < 1.29 is 14.3 Å². The average Bonchev–Trinajstić information content (AvgIpc) is 2.46. The maximum absolute atomic E-state index is 11.8. The summed E-state index contributed by atoms with van der Waals surface area (Å²) in [5.74, 6) is 0.0447. The van der Waals surface area contributed by atoms with Crippen LogP contribution in [-0.4, -0.2) is 18.3 Å². The summed E-state index contributed by atoms with van der Waals surface area (Å²) >= 11 is 0. The van der Waals surface area contributed by atoms with Crippen LogP contribution in [0.1, 0.15) is 15.9 Å². The quantitative estimate of drug-likeness (QED) is 0.871. The van der Waals surface area contributed by atoms with E-state index in [1.54, 1.807) is 24.3 Å². The Balaban J connectivity index is 1.85. The lowest BCUT2D eigenvalue weighted by Crippen LogP contribution is -2.14. The molecule has 0 aliphatic carbocycles. The van der Waals surface area contributed by atoms with E-state index in [2.05, 4.69) is 0 Å². The molecule has 2 N–H and O–H groups in total. The van der Waals surface area contributed by atoms with E-state index in [1.165, 1.54) is 0 Å². The first-order chi connectivity index (χ1) is 9.65. The minimum atomic E-state index is -0.489. The third-order valence-electron chi connectivity index (χ3n) is 2.78. The Morgan fingerprint density at radius 1 is 0.950 bits per heavy atom. The van der Waals surface area contributed by atoms with Gasteiger partial charge >= 0.3 is 0 Å². The molecule has 0 fully saturated rings. The molecule has 0 radical (unpaired) electrons. The largest absolute Gasteiger partial charge is 0.486 e. The number of hydrogen-bond donors (Lipinski definition) is 1. The molecular weight excluding hydrogens is 254 g/mol. The zero-order valence-corrected chi connectivity index (χ0v) is 10.9. The highest BCUT2D eigenvalue weighted by molar-refractivity contribution is 5.92. The van der Waals surface area contributed by atoms with Crippen molar-refractivity contribution >= 4 is 11.7 Å². The van der Waals surface area contributed by atoms with Gasteiger partial charge in [-0.3, -0.25) is 9.59 Å². The molecule has 0 unspecified atom stereocenters. The lowest BCUT2D eigenvalue weighted by molar-refractivity contribution is -0.120. The smallest absolute Gasteiger partial charge is 0.248 e. The van der Waals surface area contributed by atoms with Crippen molar-refractivity contribution in [3.63, 3.8) is 0 Å². The SMILES string of the molecule is NC(=O)c1ccc(OCC(=O)Cc2ccccc2)cc1. The second kappa shape index (κ2) is 6.52. The molecule has 0 spiro atoms. The van der Waals surface area contributed by atoms with Crippen LogP contribution in [0.4, 0.5) is 0 Å². The Bertz CT molecular complexity index is 591. The first-order valence-electron chi connectivity index (χ1n) is 6.23. The van der Waals surface area contributed by atoms with Crippen LogP contribution in [0, 0.1) is 0 Å². The maximum Gasteiger partial charge on any atom is 0.248 e. The van der Waals surface area contributed by atoms with Gasteiger partial charge in [-0.25, -0.2) is 0 Å². The van der Waals surface area contributed by atoms with E-state index in [0.29, 0.717) is 17.7 Å². The molecule has 2 aromatic carbocycles. The third kappa shape index (κ3) is 3.95. The zero-order valence-electron chi connectivity index (χ0n) is 10.9. The molecule has 0 saturated carbocycles. The predicted molar refractivity (Wildman–Crippen MR) is 75.6 cm³/mol. The van der Waals surface area contributed by atoms with Gasteiger partial charge in [-0.05, 0) is 29.8 Å². The fourth-order valence-electron chi connectivity index (χ4n) is 1.75. The van der Waals surface area contributed by atoms with Crippen molar-refractivity contribution in [2.24, 2.45) is 5.73 Å². The predicted octanol–water partition coefficient (Wildman–Crippen LogP) is 1.98. The number of nitrogens with two attached hydrogens (primary N) is 1. The Morgan fingerprint density at radius 3 is 2.20 bits per heavy atom. The van der Waals surface area contributed by atoms with E-state index >= 15 is 0 Å². The highest BCUT2D eigenvalue weighted by Gasteiger charge is 2.05. The Hall–Kier alpha value is -2.62. The standard InChI is InChI=1S/C16H15NO3/c17-16(19)13-6-8-15(9-7-13)20-11-14(18)10-12-4-2-1-3-5-12/h1-9H,10-11H2,(H2,17,19). The van der Waals surface area contributed by atoms with Gasteiger partial charge in [0.25, 0.3) is 0 Å². The van der Waals surface area contributed by atoms with Crippen LogP contribution in [-0.2, 0) is 11.2 Å². The number of carbonyl (C=O) groups excluding carboxylic acids is 2. The number of ether oxygens (including phenoxy) is 1. The lowest BCUT2D eigenvalue weighted by atomic mass is 10.1. The number of primary amides is 1. The van der Waals surface area contributed by atoms with E-state index in [0.717, 1.165) is 5.56 Å². The molecule has 0 saturated heterocycles. The van der Waals surface area contributed by atoms with Gasteiger partial charge in [0.1, 0.15) is 12.4 Å². The van der Waals surface area contributed by atoms with Crippen molar-refractivity contribution in [3.05, 3.63) is 65.7 Å². The Kier molecular flexibility index (Phi) is 4.50. The number of hydrogen-bond acceptors (Lipinski definition) is 3. The fourth-order valence-corrected chi connectivity index (χ4v) is 1.75. The van der Waals surface area contributed by atoms with Crippen molar-refractivity contribution in [2.45, 2.75) is 6.42 Å². The fraction of sp³-hybridized carbons (Fsp3) is 0.125. The Labute approximate surface area is 117 Å². The molecule has 0 aliphatic rings. The molecule has 0 bridgehead atoms. The zero-order chi connectivity index (χ0) is 14.4. The summed E-state index contributed by atoms with van der Waals surface area (Å²) in [7, 11) is 0. The van der Waals surface area contributed by atoms with Gasteiger partial charge in [0, 0.05) is 12.0 Å². The number of ketones is 1. The summed E-state index contributed by atoms with van der Waals surface area (Å²) in [4.78, 5) is 22.7. The van der Waals surface area contributed by atoms with Gasteiger partial charge in [0.2, 0.25) is 5.91 Å². The van der Waals surface area contributed by atoms with E-state index in [4.69, 9.17) is 10.5 Å². The minimum Gasteiger partial charge on any atom is -0.486 e. The molecule has 2 aromatic rings. The number of benzene rings is 2. The first-order valence-corrected chi connectivity index (χ1v) is 6.23.